The van der Waals surface area contributed by atoms with Gasteiger partial charge in [0.15, 0.2) is 0 Å². The van der Waals surface area contributed by atoms with Crippen LogP contribution in [0.2, 0.25) is 0 Å². The maximum atomic E-state index is 10.6. The minimum absolute atomic E-state index is 0.393. The van der Waals surface area contributed by atoms with Crippen LogP contribution < -0.4 is 0 Å². The number of hydrogen-bond acceptors (Lipinski definition) is 1. The van der Waals surface area contributed by atoms with Crippen LogP contribution in [0.3, 0.4) is 0 Å². The lowest BCUT2D eigenvalue weighted by Gasteiger charge is -2.28. The summed E-state index contributed by atoms with van der Waals surface area (Å²) in [7, 11) is 0. The first-order valence-electron chi connectivity index (χ1n) is 5.98. The monoisotopic (exact) mass is 204 g/mol. The molecule has 0 aliphatic heterocycles. The Kier molecular flexibility index (Phi) is 2.83. The summed E-state index contributed by atoms with van der Waals surface area (Å²) in [6.07, 6.45) is 4.27. The quantitative estimate of drug-likeness (QED) is 0.784. The summed E-state index contributed by atoms with van der Waals surface area (Å²) in [5.74, 6) is 0.393. The summed E-state index contributed by atoms with van der Waals surface area (Å²) in [5.41, 5.74) is 1.88. The molecule has 0 spiro atoms. The zero-order valence-electron chi connectivity index (χ0n) is 9.66. The van der Waals surface area contributed by atoms with Gasteiger partial charge in [0.2, 0.25) is 0 Å². The molecule has 0 heterocycles. The summed E-state index contributed by atoms with van der Waals surface area (Å²) in [6.45, 7) is 4.31. The normalized spacial score (nSPS) is 30.7. The molecule has 1 aliphatic carbocycles. The summed E-state index contributed by atoms with van der Waals surface area (Å²) in [6, 6.07) is 8.47. The van der Waals surface area contributed by atoms with Gasteiger partial charge in [-0.15, -0.1) is 0 Å². The molecule has 1 saturated carbocycles. The Morgan fingerprint density at radius 1 is 1.33 bits per heavy atom. The Labute approximate surface area is 92.1 Å². The van der Waals surface area contributed by atoms with Crippen LogP contribution in [0.25, 0.3) is 0 Å². The van der Waals surface area contributed by atoms with E-state index in [0.717, 1.165) is 31.2 Å². The molecule has 0 amide bonds. The summed E-state index contributed by atoms with van der Waals surface area (Å²) >= 11 is 0. The highest BCUT2D eigenvalue weighted by molar-refractivity contribution is 5.28. The molecule has 2 atom stereocenters. The molecule has 2 unspecified atom stereocenters. The number of benzene rings is 1. The van der Waals surface area contributed by atoms with Gasteiger partial charge in [-0.3, -0.25) is 0 Å². The van der Waals surface area contributed by atoms with E-state index in [1.807, 2.05) is 0 Å². The second kappa shape index (κ2) is 3.97. The van der Waals surface area contributed by atoms with Crippen molar-refractivity contribution >= 4 is 0 Å². The lowest BCUT2D eigenvalue weighted by molar-refractivity contribution is 0.00448. The molecule has 1 aromatic carbocycles. The first-order valence-corrected chi connectivity index (χ1v) is 5.98. The second-order valence-electron chi connectivity index (χ2n) is 4.77. The maximum absolute atomic E-state index is 10.6. The molecule has 0 aromatic heterocycles. The van der Waals surface area contributed by atoms with Gasteiger partial charge in [0.25, 0.3) is 0 Å². The van der Waals surface area contributed by atoms with E-state index in [0.29, 0.717) is 5.92 Å². The van der Waals surface area contributed by atoms with Gasteiger partial charge in [0, 0.05) is 0 Å². The number of hydrogen-bond donors (Lipinski definition) is 1. The molecular weight excluding hydrogens is 184 g/mol. The van der Waals surface area contributed by atoms with Gasteiger partial charge in [-0.1, -0.05) is 38.1 Å². The average molecular weight is 204 g/mol. The van der Waals surface area contributed by atoms with Gasteiger partial charge >= 0.3 is 0 Å². The SMILES string of the molecule is CCc1ccc(C2(O)CCCC2C)cc1. The van der Waals surface area contributed by atoms with Gasteiger partial charge in [-0.2, -0.15) is 0 Å². The molecule has 1 fully saturated rings. The number of rotatable bonds is 2. The maximum Gasteiger partial charge on any atom is 0.0921 e. The molecule has 1 nitrogen and oxygen atoms in total. The van der Waals surface area contributed by atoms with Crippen molar-refractivity contribution in [2.45, 2.75) is 45.1 Å². The average Bonchev–Trinajstić information content (AvgIpc) is 2.61. The van der Waals surface area contributed by atoms with E-state index in [1.54, 1.807) is 0 Å². The molecule has 0 saturated heterocycles. The predicted molar refractivity (Wildman–Crippen MR) is 62.7 cm³/mol. The van der Waals surface area contributed by atoms with E-state index < -0.39 is 5.60 Å². The van der Waals surface area contributed by atoms with Crippen molar-refractivity contribution in [3.63, 3.8) is 0 Å². The number of aryl methyl sites for hydroxylation is 1. The lowest BCUT2D eigenvalue weighted by Crippen LogP contribution is -2.28. The first kappa shape index (κ1) is 10.7. The van der Waals surface area contributed by atoms with E-state index >= 15 is 0 Å². The van der Waals surface area contributed by atoms with Crippen LogP contribution in [0, 0.1) is 5.92 Å². The van der Waals surface area contributed by atoms with E-state index in [9.17, 15) is 5.11 Å². The van der Waals surface area contributed by atoms with Gasteiger partial charge in [-0.25, -0.2) is 0 Å². The minimum atomic E-state index is -0.563. The molecule has 0 radical (unpaired) electrons. The Morgan fingerprint density at radius 2 is 2.00 bits per heavy atom. The third kappa shape index (κ3) is 1.81. The largest absolute Gasteiger partial charge is 0.385 e. The molecule has 15 heavy (non-hydrogen) atoms. The van der Waals surface area contributed by atoms with Crippen molar-refractivity contribution < 1.29 is 5.11 Å². The molecular formula is C14H20O. The Morgan fingerprint density at radius 3 is 2.47 bits per heavy atom. The molecule has 1 aliphatic rings. The van der Waals surface area contributed by atoms with E-state index in [-0.39, 0.29) is 0 Å². The van der Waals surface area contributed by atoms with Crippen LogP contribution in [-0.2, 0) is 12.0 Å². The fourth-order valence-electron chi connectivity index (χ4n) is 2.62. The van der Waals surface area contributed by atoms with Gasteiger partial charge < -0.3 is 5.11 Å². The van der Waals surface area contributed by atoms with Crippen LogP contribution in [0.4, 0.5) is 0 Å². The first-order chi connectivity index (χ1) is 7.16. The zero-order chi connectivity index (χ0) is 10.9. The predicted octanol–water partition coefficient (Wildman–Crippen LogP) is 3.26. The summed E-state index contributed by atoms with van der Waals surface area (Å²) in [5, 5.41) is 10.6. The Balaban J connectivity index is 2.28. The van der Waals surface area contributed by atoms with Crippen molar-refractivity contribution in [3.8, 4) is 0 Å². The molecule has 1 aromatic rings. The van der Waals surface area contributed by atoms with Crippen molar-refractivity contribution in [1.82, 2.24) is 0 Å². The van der Waals surface area contributed by atoms with Crippen molar-refractivity contribution in [2.75, 3.05) is 0 Å². The zero-order valence-corrected chi connectivity index (χ0v) is 9.66. The second-order valence-corrected chi connectivity index (χ2v) is 4.77. The van der Waals surface area contributed by atoms with Crippen LogP contribution in [0.5, 0.6) is 0 Å². The van der Waals surface area contributed by atoms with E-state index in [2.05, 4.69) is 38.1 Å². The lowest BCUT2D eigenvalue weighted by atomic mass is 9.85. The number of aliphatic hydroxyl groups is 1. The molecule has 82 valence electrons. The third-order valence-corrected chi connectivity index (χ3v) is 3.87. The molecule has 1 N–H and O–H groups in total. The van der Waals surface area contributed by atoms with Gasteiger partial charge in [0.05, 0.1) is 5.60 Å². The van der Waals surface area contributed by atoms with Crippen LogP contribution in [-0.4, -0.2) is 5.11 Å². The third-order valence-electron chi connectivity index (χ3n) is 3.87. The van der Waals surface area contributed by atoms with Crippen molar-refractivity contribution in [3.05, 3.63) is 35.4 Å². The van der Waals surface area contributed by atoms with Crippen LogP contribution in [0.1, 0.15) is 44.2 Å². The standard InChI is InChI=1S/C14H20O/c1-3-12-6-8-13(9-7-12)14(15)10-4-5-11(14)2/h6-9,11,15H,3-5,10H2,1-2H3. The van der Waals surface area contributed by atoms with Crippen molar-refractivity contribution in [2.24, 2.45) is 5.92 Å². The topological polar surface area (TPSA) is 20.2 Å². The Bertz CT molecular complexity index is 328. The highest BCUT2D eigenvalue weighted by Crippen LogP contribution is 2.43. The fraction of sp³-hybridized carbons (Fsp3) is 0.571. The van der Waals surface area contributed by atoms with Crippen LogP contribution in [0.15, 0.2) is 24.3 Å². The molecule has 2 rings (SSSR count). The van der Waals surface area contributed by atoms with Gasteiger partial charge in [-0.05, 0) is 42.7 Å². The van der Waals surface area contributed by atoms with Crippen LogP contribution >= 0.6 is 0 Å². The smallest absolute Gasteiger partial charge is 0.0921 e. The summed E-state index contributed by atoms with van der Waals surface area (Å²) in [4.78, 5) is 0. The molecule has 0 bridgehead atoms. The Hall–Kier alpha value is -0.820. The van der Waals surface area contributed by atoms with Gasteiger partial charge in [0.1, 0.15) is 0 Å². The van der Waals surface area contributed by atoms with Crippen molar-refractivity contribution in [1.29, 1.82) is 0 Å². The van der Waals surface area contributed by atoms with E-state index in [4.69, 9.17) is 0 Å². The van der Waals surface area contributed by atoms with E-state index in [1.165, 1.54) is 5.56 Å². The highest BCUT2D eigenvalue weighted by Gasteiger charge is 2.39. The fourth-order valence-corrected chi connectivity index (χ4v) is 2.62. The minimum Gasteiger partial charge on any atom is -0.385 e. The summed E-state index contributed by atoms with van der Waals surface area (Å²) < 4.78 is 0. The highest BCUT2D eigenvalue weighted by atomic mass is 16.3. The molecule has 1 heteroatoms.